The number of nitrogens with one attached hydrogen (secondary N) is 1. The van der Waals surface area contributed by atoms with Crippen LogP contribution in [0.4, 0.5) is 0 Å². The van der Waals surface area contributed by atoms with Gasteiger partial charge < -0.3 is 5.32 Å². The van der Waals surface area contributed by atoms with Crippen molar-refractivity contribution in [1.29, 1.82) is 0 Å². The molecule has 0 aliphatic heterocycles. The van der Waals surface area contributed by atoms with Crippen molar-refractivity contribution < 1.29 is 4.79 Å². The Balaban J connectivity index is 1.65. The van der Waals surface area contributed by atoms with Crippen LogP contribution in [0.15, 0.2) is 76.9 Å². The van der Waals surface area contributed by atoms with Gasteiger partial charge >= 0.3 is 0 Å². The topological polar surface area (TPSA) is 76.9 Å². The van der Waals surface area contributed by atoms with Gasteiger partial charge in [0.15, 0.2) is 5.16 Å². The summed E-state index contributed by atoms with van der Waals surface area (Å²) in [7, 11) is 0. The third-order valence-corrected chi connectivity index (χ3v) is 5.83. The number of aromatic nitrogens is 3. The lowest BCUT2D eigenvalue weighted by Gasteiger charge is -2.15. The highest BCUT2D eigenvalue weighted by Gasteiger charge is 2.16. The molecule has 31 heavy (non-hydrogen) atoms. The summed E-state index contributed by atoms with van der Waals surface area (Å²) in [5, 5.41) is 3.93. The minimum absolute atomic E-state index is 0.135. The molecule has 0 spiro atoms. The van der Waals surface area contributed by atoms with Gasteiger partial charge in [-0.15, -0.1) is 0 Å². The molecule has 0 saturated heterocycles. The standard InChI is InChI=1S/C24H22N4O2S/c1-16-9-10-17(2)21(12-16)28-23(30)19-7-3-4-8-20(19)27-24(28)31-15-22(29)26-14-18-6-5-11-25-13-18/h3-13H,14-15H2,1-2H3,(H,26,29). The van der Waals surface area contributed by atoms with E-state index >= 15 is 0 Å². The van der Waals surface area contributed by atoms with Gasteiger partial charge in [-0.25, -0.2) is 4.98 Å². The molecule has 0 bridgehead atoms. The molecule has 4 rings (SSSR count). The number of rotatable bonds is 6. The third kappa shape index (κ3) is 4.67. The van der Waals surface area contributed by atoms with E-state index in [0.29, 0.717) is 22.6 Å². The molecule has 0 radical (unpaired) electrons. The number of hydrogen-bond acceptors (Lipinski definition) is 5. The molecule has 0 unspecified atom stereocenters. The Morgan fingerprint density at radius 1 is 1.10 bits per heavy atom. The summed E-state index contributed by atoms with van der Waals surface area (Å²) in [6.45, 7) is 4.36. The number of benzene rings is 2. The molecule has 0 aliphatic carbocycles. The number of amides is 1. The van der Waals surface area contributed by atoms with Gasteiger partial charge in [-0.3, -0.25) is 19.1 Å². The van der Waals surface area contributed by atoms with Crippen LogP contribution in [0.3, 0.4) is 0 Å². The number of thioether (sulfide) groups is 1. The summed E-state index contributed by atoms with van der Waals surface area (Å²) >= 11 is 1.25. The summed E-state index contributed by atoms with van der Waals surface area (Å²) in [6, 6.07) is 17.0. The lowest BCUT2D eigenvalue weighted by Crippen LogP contribution is -2.26. The molecule has 1 amide bonds. The summed E-state index contributed by atoms with van der Waals surface area (Å²) < 4.78 is 1.61. The number of aryl methyl sites for hydroxylation is 2. The van der Waals surface area contributed by atoms with E-state index in [-0.39, 0.29) is 17.2 Å². The van der Waals surface area contributed by atoms with Gasteiger partial charge in [-0.1, -0.05) is 42.1 Å². The van der Waals surface area contributed by atoms with Crippen LogP contribution < -0.4 is 10.9 Å². The van der Waals surface area contributed by atoms with Crippen molar-refractivity contribution in [3.8, 4) is 5.69 Å². The quantitative estimate of drug-likeness (QED) is 0.372. The molecule has 0 atom stereocenters. The molecular weight excluding hydrogens is 408 g/mol. The first-order valence-electron chi connectivity index (χ1n) is 9.91. The van der Waals surface area contributed by atoms with E-state index in [1.165, 1.54) is 11.8 Å². The Bertz CT molecular complexity index is 1300. The Hall–Kier alpha value is -3.45. The summed E-state index contributed by atoms with van der Waals surface area (Å²) in [5.74, 6) is 0.0133. The number of fused-ring (bicyclic) bond motifs is 1. The zero-order chi connectivity index (χ0) is 21.8. The number of carbonyl (C=O) groups excluding carboxylic acids is 1. The molecule has 4 aromatic rings. The molecule has 2 aromatic heterocycles. The molecule has 7 heteroatoms. The highest BCUT2D eigenvalue weighted by molar-refractivity contribution is 7.99. The van der Waals surface area contributed by atoms with Gasteiger partial charge in [0, 0.05) is 18.9 Å². The normalized spacial score (nSPS) is 10.9. The van der Waals surface area contributed by atoms with E-state index < -0.39 is 0 Å². The third-order valence-electron chi connectivity index (χ3n) is 4.90. The first-order chi connectivity index (χ1) is 15.0. The molecule has 0 fully saturated rings. The largest absolute Gasteiger partial charge is 0.351 e. The Labute approximate surface area is 184 Å². The molecule has 6 nitrogen and oxygen atoms in total. The number of pyridine rings is 1. The summed E-state index contributed by atoms with van der Waals surface area (Å²) in [5.41, 5.74) is 4.20. The van der Waals surface area contributed by atoms with Gasteiger partial charge in [-0.2, -0.15) is 0 Å². The van der Waals surface area contributed by atoms with Crippen LogP contribution in [0.1, 0.15) is 16.7 Å². The van der Waals surface area contributed by atoms with Crippen LogP contribution in [-0.4, -0.2) is 26.2 Å². The van der Waals surface area contributed by atoms with Crippen LogP contribution in [0.2, 0.25) is 0 Å². The fraction of sp³-hybridized carbons (Fsp3) is 0.167. The van der Waals surface area contributed by atoms with E-state index in [2.05, 4.69) is 10.3 Å². The van der Waals surface area contributed by atoms with E-state index in [9.17, 15) is 9.59 Å². The zero-order valence-electron chi connectivity index (χ0n) is 17.3. The number of para-hydroxylation sites is 1. The van der Waals surface area contributed by atoms with Crippen molar-refractivity contribution in [2.75, 3.05) is 5.75 Å². The lowest BCUT2D eigenvalue weighted by molar-refractivity contribution is -0.118. The molecule has 2 aromatic carbocycles. The van der Waals surface area contributed by atoms with E-state index in [1.807, 2.05) is 62.4 Å². The number of carbonyl (C=O) groups is 1. The van der Waals surface area contributed by atoms with Crippen LogP contribution in [0, 0.1) is 13.8 Å². The van der Waals surface area contributed by atoms with E-state index in [4.69, 9.17) is 4.98 Å². The second-order valence-corrected chi connectivity index (χ2v) is 8.21. The molecule has 0 saturated carbocycles. The Morgan fingerprint density at radius 3 is 2.74 bits per heavy atom. The van der Waals surface area contributed by atoms with Crippen molar-refractivity contribution in [2.24, 2.45) is 0 Å². The van der Waals surface area contributed by atoms with Crippen molar-refractivity contribution in [3.05, 3.63) is 94.0 Å². The average Bonchev–Trinajstić information content (AvgIpc) is 2.79. The van der Waals surface area contributed by atoms with Gasteiger partial charge in [0.1, 0.15) is 0 Å². The first kappa shape index (κ1) is 20.8. The Morgan fingerprint density at radius 2 is 1.94 bits per heavy atom. The van der Waals surface area contributed by atoms with Crippen LogP contribution >= 0.6 is 11.8 Å². The lowest BCUT2D eigenvalue weighted by atomic mass is 10.1. The van der Waals surface area contributed by atoms with Crippen LogP contribution in [0.25, 0.3) is 16.6 Å². The van der Waals surface area contributed by atoms with Crippen molar-refractivity contribution in [3.63, 3.8) is 0 Å². The molecule has 156 valence electrons. The maximum Gasteiger partial charge on any atom is 0.266 e. The minimum Gasteiger partial charge on any atom is -0.351 e. The maximum atomic E-state index is 13.4. The predicted octanol–water partition coefficient (Wildman–Crippen LogP) is 3.81. The van der Waals surface area contributed by atoms with Gasteiger partial charge in [0.2, 0.25) is 5.91 Å². The number of nitrogens with zero attached hydrogens (tertiary/aromatic N) is 3. The van der Waals surface area contributed by atoms with Crippen molar-refractivity contribution in [1.82, 2.24) is 19.9 Å². The van der Waals surface area contributed by atoms with E-state index in [1.54, 1.807) is 23.0 Å². The van der Waals surface area contributed by atoms with Gasteiger partial charge in [-0.05, 0) is 54.8 Å². The fourth-order valence-corrected chi connectivity index (χ4v) is 4.10. The minimum atomic E-state index is -0.141. The first-order valence-corrected chi connectivity index (χ1v) is 10.9. The SMILES string of the molecule is Cc1ccc(C)c(-n2c(SCC(=O)NCc3cccnc3)nc3ccccc3c2=O)c1. The molecular formula is C24H22N4O2S. The monoisotopic (exact) mass is 430 g/mol. The fourth-order valence-electron chi connectivity index (χ4n) is 3.27. The summed E-state index contributed by atoms with van der Waals surface area (Å²) in [4.78, 5) is 34.6. The van der Waals surface area contributed by atoms with Gasteiger partial charge in [0.25, 0.3) is 5.56 Å². The van der Waals surface area contributed by atoms with E-state index in [0.717, 1.165) is 22.4 Å². The molecule has 0 aliphatic rings. The van der Waals surface area contributed by atoms with Crippen molar-refractivity contribution >= 4 is 28.6 Å². The number of hydrogen-bond donors (Lipinski definition) is 1. The average molecular weight is 431 g/mol. The zero-order valence-corrected chi connectivity index (χ0v) is 18.1. The van der Waals surface area contributed by atoms with Gasteiger partial charge in [0.05, 0.1) is 22.3 Å². The second kappa shape index (κ2) is 9.14. The van der Waals surface area contributed by atoms with Crippen molar-refractivity contribution in [2.45, 2.75) is 25.5 Å². The second-order valence-electron chi connectivity index (χ2n) is 7.27. The predicted molar refractivity (Wildman–Crippen MR) is 124 cm³/mol. The maximum absolute atomic E-state index is 13.4. The van der Waals surface area contributed by atoms with Crippen LogP contribution in [0.5, 0.6) is 0 Å². The molecule has 1 N–H and O–H groups in total. The van der Waals surface area contributed by atoms with Crippen LogP contribution in [-0.2, 0) is 11.3 Å². The highest BCUT2D eigenvalue weighted by atomic mass is 32.2. The smallest absolute Gasteiger partial charge is 0.266 e. The molecule has 2 heterocycles. The summed E-state index contributed by atoms with van der Waals surface area (Å²) in [6.07, 6.45) is 3.41. The Kier molecular flexibility index (Phi) is 6.13. The highest BCUT2D eigenvalue weighted by Crippen LogP contribution is 2.23.